The number of benzene rings is 4. The van der Waals surface area contributed by atoms with Crippen LogP contribution < -0.4 is 16.4 Å². The number of aromatic nitrogens is 2. The molecule has 0 atom stereocenters. The van der Waals surface area contributed by atoms with Gasteiger partial charge in [0.05, 0.1) is 5.69 Å². The molecule has 0 fully saturated rings. The van der Waals surface area contributed by atoms with Gasteiger partial charge in [-0.25, -0.2) is 9.97 Å². The number of nitrogen functional groups attached to an aromatic ring is 1. The number of carbonyl (C=O) groups excluding carboxylic acids is 1. The van der Waals surface area contributed by atoms with E-state index in [4.69, 9.17) is 10.2 Å². The first kappa shape index (κ1) is 21.4. The molecule has 0 bridgehead atoms. The monoisotopic (exact) mass is 471 g/mol. The van der Waals surface area contributed by atoms with E-state index in [2.05, 4.69) is 32.7 Å². The molecule has 0 aliphatic carbocycles. The van der Waals surface area contributed by atoms with Crippen molar-refractivity contribution >= 4 is 50.7 Å². The Hall–Kier alpha value is -5.17. The van der Waals surface area contributed by atoms with Crippen LogP contribution in [-0.2, 0) is 0 Å². The number of hydrogen-bond acceptors (Lipinski definition) is 6. The van der Waals surface area contributed by atoms with Crippen LogP contribution in [0.1, 0.15) is 10.4 Å². The Kier molecular flexibility index (Phi) is 5.27. The largest absolute Gasteiger partial charge is 0.455 e. The van der Waals surface area contributed by atoms with Crippen LogP contribution in [0.5, 0.6) is 0 Å². The topological polar surface area (TPSA) is 106 Å². The maximum Gasteiger partial charge on any atom is 0.255 e. The van der Waals surface area contributed by atoms with Crippen LogP contribution in [0.3, 0.4) is 0 Å². The van der Waals surface area contributed by atoms with Gasteiger partial charge >= 0.3 is 0 Å². The van der Waals surface area contributed by atoms with Gasteiger partial charge < -0.3 is 20.8 Å². The molecule has 7 nitrogen and oxygen atoms in total. The van der Waals surface area contributed by atoms with Crippen molar-refractivity contribution in [3.8, 4) is 11.3 Å². The maximum atomic E-state index is 12.4. The van der Waals surface area contributed by atoms with Crippen LogP contribution in [0.4, 0.5) is 22.9 Å². The van der Waals surface area contributed by atoms with Crippen molar-refractivity contribution in [2.24, 2.45) is 0 Å². The lowest BCUT2D eigenvalue weighted by Gasteiger charge is -2.09. The third kappa shape index (κ3) is 4.10. The molecule has 2 heterocycles. The van der Waals surface area contributed by atoms with Crippen LogP contribution in [0.25, 0.3) is 33.2 Å². The zero-order valence-electron chi connectivity index (χ0n) is 19.1. The highest BCUT2D eigenvalue weighted by molar-refractivity contribution is 6.09. The summed E-state index contributed by atoms with van der Waals surface area (Å²) in [5, 5.41) is 8.31. The molecule has 0 radical (unpaired) electrons. The number of nitrogens with two attached hydrogens (primary N) is 1. The fourth-order valence-electron chi connectivity index (χ4n) is 4.14. The van der Waals surface area contributed by atoms with Crippen molar-refractivity contribution in [1.82, 2.24) is 9.97 Å². The number of hydrogen-bond donors (Lipinski definition) is 3. The van der Waals surface area contributed by atoms with E-state index in [0.29, 0.717) is 22.8 Å². The molecule has 6 rings (SSSR count). The third-order valence-electron chi connectivity index (χ3n) is 5.94. The van der Waals surface area contributed by atoms with E-state index >= 15 is 0 Å². The molecule has 6 aromatic rings. The predicted octanol–water partition coefficient (Wildman–Crippen LogP) is 6.62. The number of nitrogens with one attached hydrogen (secondary N) is 2. The standard InChI is InChI=1S/C29H21N5O2/c30-19-10-8-18(9-11-19)29(35)34-21-14-12-20(13-15-21)33-27-16-25(31-17-32-27)24-6-3-5-23-22-4-1-2-7-26(22)36-28(23)24/h1-17H,30H2,(H,34,35)(H,31,32,33). The molecule has 0 saturated carbocycles. The Labute approximate surface area is 206 Å². The maximum absolute atomic E-state index is 12.4. The number of fused-ring (bicyclic) bond motifs is 3. The van der Waals surface area contributed by atoms with E-state index in [0.717, 1.165) is 38.9 Å². The predicted molar refractivity (Wildman–Crippen MR) is 143 cm³/mol. The first-order valence-corrected chi connectivity index (χ1v) is 11.4. The van der Waals surface area contributed by atoms with Crippen molar-refractivity contribution < 1.29 is 9.21 Å². The number of nitrogens with zero attached hydrogens (tertiary/aromatic N) is 2. The number of amides is 1. The zero-order chi connectivity index (χ0) is 24.5. The zero-order valence-corrected chi connectivity index (χ0v) is 19.1. The van der Waals surface area contributed by atoms with Crippen molar-refractivity contribution in [3.63, 3.8) is 0 Å². The van der Waals surface area contributed by atoms with Gasteiger partial charge in [0.2, 0.25) is 0 Å². The van der Waals surface area contributed by atoms with Crippen LogP contribution in [-0.4, -0.2) is 15.9 Å². The molecule has 0 aliphatic heterocycles. The number of furan rings is 1. The summed E-state index contributed by atoms with van der Waals surface area (Å²) in [6.07, 6.45) is 1.53. The average molecular weight is 472 g/mol. The summed E-state index contributed by atoms with van der Waals surface area (Å²) in [6.45, 7) is 0. The molecule has 0 unspecified atom stereocenters. The highest BCUT2D eigenvalue weighted by Gasteiger charge is 2.13. The Bertz CT molecular complexity index is 1710. The quantitative estimate of drug-likeness (QED) is 0.244. The van der Waals surface area contributed by atoms with Crippen molar-refractivity contribution in [3.05, 3.63) is 109 Å². The average Bonchev–Trinajstić information content (AvgIpc) is 3.29. The Morgan fingerprint density at radius 1 is 0.778 bits per heavy atom. The molecule has 0 spiro atoms. The van der Waals surface area contributed by atoms with Gasteiger partial charge in [-0.1, -0.05) is 30.3 Å². The second-order valence-electron chi connectivity index (χ2n) is 8.35. The molecule has 7 heteroatoms. The second kappa shape index (κ2) is 8.88. The molecule has 4 aromatic carbocycles. The van der Waals surface area contributed by atoms with Gasteiger partial charge in [0.15, 0.2) is 0 Å². The summed E-state index contributed by atoms with van der Waals surface area (Å²) >= 11 is 0. The van der Waals surface area contributed by atoms with Crippen molar-refractivity contribution in [2.75, 3.05) is 16.4 Å². The number of para-hydroxylation sites is 2. The minimum atomic E-state index is -0.198. The molecule has 0 saturated heterocycles. The normalized spacial score (nSPS) is 11.0. The second-order valence-corrected chi connectivity index (χ2v) is 8.35. The Balaban J connectivity index is 1.22. The van der Waals surface area contributed by atoms with Crippen LogP contribution in [0.15, 0.2) is 108 Å². The van der Waals surface area contributed by atoms with E-state index in [1.807, 2.05) is 60.7 Å². The molecule has 2 aromatic heterocycles. The number of anilines is 4. The molecule has 4 N–H and O–H groups in total. The van der Waals surface area contributed by atoms with E-state index < -0.39 is 0 Å². The van der Waals surface area contributed by atoms with Crippen LogP contribution >= 0.6 is 0 Å². The van der Waals surface area contributed by atoms with E-state index in [1.165, 1.54) is 6.33 Å². The van der Waals surface area contributed by atoms with Gasteiger partial charge in [0.25, 0.3) is 5.91 Å². The first-order valence-electron chi connectivity index (χ1n) is 11.4. The Morgan fingerprint density at radius 3 is 2.36 bits per heavy atom. The summed E-state index contributed by atoms with van der Waals surface area (Å²) in [5.74, 6) is 0.447. The smallest absolute Gasteiger partial charge is 0.255 e. The van der Waals surface area contributed by atoms with Crippen LogP contribution in [0, 0.1) is 0 Å². The summed E-state index contributed by atoms with van der Waals surface area (Å²) in [5.41, 5.74) is 11.6. The van der Waals surface area contributed by atoms with Gasteiger partial charge in [-0.3, -0.25) is 4.79 Å². The third-order valence-corrected chi connectivity index (χ3v) is 5.94. The lowest BCUT2D eigenvalue weighted by atomic mass is 10.1. The lowest BCUT2D eigenvalue weighted by molar-refractivity contribution is 0.102. The molecular weight excluding hydrogens is 450 g/mol. The highest BCUT2D eigenvalue weighted by atomic mass is 16.3. The summed E-state index contributed by atoms with van der Waals surface area (Å²) in [6, 6.07) is 30.1. The fourth-order valence-corrected chi connectivity index (χ4v) is 4.14. The minimum Gasteiger partial charge on any atom is -0.455 e. The van der Waals surface area contributed by atoms with E-state index in [9.17, 15) is 4.79 Å². The van der Waals surface area contributed by atoms with Gasteiger partial charge in [0, 0.05) is 45.0 Å². The van der Waals surface area contributed by atoms with Crippen molar-refractivity contribution in [2.45, 2.75) is 0 Å². The van der Waals surface area contributed by atoms with E-state index in [1.54, 1.807) is 24.3 Å². The van der Waals surface area contributed by atoms with Crippen molar-refractivity contribution in [1.29, 1.82) is 0 Å². The number of rotatable bonds is 5. The molecule has 1 amide bonds. The Morgan fingerprint density at radius 2 is 1.53 bits per heavy atom. The van der Waals surface area contributed by atoms with E-state index in [-0.39, 0.29) is 5.91 Å². The SMILES string of the molecule is Nc1ccc(C(=O)Nc2ccc(Nc3cc(-c4cccc5c4oc4ccccc45)ncn3)cc2)cc1. The van der Waals surface area contributed by atoms with Crippen LogP contribution in [0.2, 0.25) is 0 Å². The van der Waals surface area contributed by atoms with Gasteiger partial charge in [0.1, 0.15) is 23.3 Å². The fraction of sp³-hybridized carbons (Fsp3) is 0. The van der Waals surface area contributed by atoms with Gasteiger partial charge in [-0.15, -0.1) is 0 Å². The van der Waals surface area contributed by atoms with Gasteiger partial charge in [-0.05, 0) is 60.7 Å². The lowest BCUT2D eigenvalue weighted by Crippen LogP contribution is -2.11. The minimum absolute atomic E-state index is 0.198. The number of carbonyl (C=O) groups is 1. The molecule has 36 heavy (non-hydrogen) atoms. The van der Waals surface area contributed by atoms with Gasteiger partial charge in [-0.2, -0.15) is 0 Å². The highest BCUT2D eigenvalue weighted by Crippen LogP contribution is 2.35. The molecular formula is C29H21N5O2. The molecule has 174 valence electrons. The summed E-state index contributed by atoms with van der Waals surface area (Å²) < 4.78 is 6.16. The summed E-state index contributed by atoms with van der Waals surface area (Å²) in [7, 11) is 0. The molecule has 0 aliphatic rings. The summed E-state index contributed by atoms with van der Waals surface area (Å²) in [4.78, 5) is 21.3. The first-order chi connectivity index (χ1) is 17.6.